The van der Waals surface area contributed by atoms with E-state index >= 15 is 0 Å². The minimum atomic E-state index is -0.918. The zero-order chi connectivity index (χ0) is 14.5. The van der Waals surface area contributed by atoms with Gasteiger partial charge in [-0.05, 0) is 38.8 Å². The van der Waals surface area contributed by atoms with Gasteiger partial charge in [0.15, 0.2) is 0 Å². The molecule has 1 saturated heterocycles. The molecule has 5 nitrogen and oxygen atoms in total. The number of likely N-dealkylation sites (N-methyl/N-ethyl adjacent to an activating group) is 1. The molecule has 0 aromatic heterocycles. The van der Waals surface area contributed by atoms with Crippen LogP contribution in [0.4, 0.5) is 0 Å². The normalized spacial score (nSPS) is 19.7. The molecule has 5 heteroatoms. The highest BCUT2D eigenvalue weighted by molar-refractivity contribution is 5.87. The number of carbonyl (C=O) groups is 2. The third-order valence-corrected chi connectivity index (χ3v) is 4.20. The number of amides is 1. The molecule has 0 aliphatic carbocycles. The Bertz CT molecular complexity index is 319. The van der Waals surface area contributed by atoms with E-state index in [0.717, 1.165) is 38.8 Å². The average Bonchev–Trinajstić information content (AvgIpc) is 2.39. The molecule has 2 N–H and O–H groups in total. The first kappa shape index (κ1) is 16.0. The van der Waals surface area contributed by atoms with Crippen LogP contribution in [-0.2, 0) is 9.59 Å². The van der Waals surface area contributed by atoms with Crippen LogP contribution in [0.25, 0.3) is 0 Å². The Morgan fingerprint density at radius 2 is 1.89 bits per heavy atom. The standard InChI is InChI=1S/C14H26N2O3/c1-4-6-14(7-9-15-10-8-14)13(19)16(3)11(5-2)12(17)18/h11,15H,4-10H2,1-3H3,(H,17,18). The van der Waals surface area contributed by atoms with Crippen molar-refractivity contribution in [3.63, 3.8) is 0 Å². The van der Waals surface area contributed by atoms with Crippen LogP contribution in [0.3, 0.4) is 0 Å². The average molecular weight is 270 g/mol. The molecule has 110 valence electrons. The van der Waals surface area contributed by atoms with Gasteiger partial charge in [0, 0.05) is 7.05 Å². The lowest BCUT2D eigenvalue weighted by molar-refractivity contribution is -0.155. The predicted octanol–water partition coefficient (Wildman–Crippen LogP) is 1.48. The summed E-state index contributed by atoms with van der Waals surface area (Å²) in [5, 5.41) is 12.5. The number of carbonyl (C=O) groups excluding carboxylic acids is 1. The molecular formula is C14H26N2O3. The number of nitrogens with one attached hydrogen (secondary N) is 1. The van der Waals surface area contributed by atoms with Gasteiger partial charge in [0.2, 0.25) is 5.91 Å². The van der Waals surface area contributed by atoms with Gasteiger partial charge in [-0.1, -0.05) is 20.3 Å². The number of aliphatic carboxylic acids is 1. The maximum atomic E-state index is 12.7. The van der Waals surface area contributed by atoms with Crippen LogP contribution in [0.15, 0.2) is 0 Å². The molecular weight excluding hydrogens is 244 g/mol. The summed E-state index contributed by atoms with van der Waals surface area (Å²) in [6.45, 7) is 5.55. The van der Waals surface area contributed by atoms with Crippen molar-refractivity contribution < 1.29 is 14.7 Å². The SMILES string of the molecule is CCCC1(C(=O)N(C)C(CC)C(=O)O)CCNCC1. The number of hydrogen-bond acceptors (Lipinski definition) is 3. The maximum absolute atomic E-state index is 12.7. The summed E-state index contributed by atoms with van der Waals surface area (Å²) in [5.74, 6) is -0.913. The minimum Gasteiger partial charge on any atom is -0.480 e. The number of piperidine rings is 1. The van der Waals surface area contributed by atoms with Crippen LogP contribution in [0.1, 0.15) is 46.0 Å². The first-order valence-electron chi connectivity index (χ1n) is 7.19. The van der Waals surface area contributed by atoms with Crippen molar-refractivity contribution in [2.24, 2.45) is 5.41 Å². The van der Waals surface area contributed by atoms with Crippen molar-refractivity contribution in [3.8, 4) is 0 Å². The lowest BCUT2D eigenvalue weighted by Crippen LogP contribution is -2.52. The highest BCUT2D eigenvalue weighted by Gasteiger charge is 2.42. The number of hydrogen-bond donors (Lipinski definition) is 2. The Labute approximate surface area is 115 Å². The van der Waals surface area contributed by atoms with Gasteiger partial charge < -0.3 is 15.3 Å². The smallest absolute Gasteiger partial charge is 0.326 e. The Hall–Kier alpha value is -1.10. The van der Waals surface area contributed by atoms with Gasteiger partial charge in [-0.3, -0.25) is 4.79 Å². The van der Waals surface area contributed by atoms with Crippen LogP contribution in [0.5, 0.6) is 0 Å². The maximum Gasteiger partial charge on any atom is 0.326 e. The summed E-state index contributed by atoms with van der Waals surface area (Å²) in [6.07, 6.45) is 3.84. The fourth-order valence-corrected chi connectivity index (χ4v) is 3.08. The third-order valence-electron chi connectivity index (χ3n) is 4.20. The zero-order valence-corrected chi connectivity index (χ0v) is 12.2. The van der Waals surface area contributed by atoms with Crippen molar-refractivity contribution in [1.29, 1.82) is 0 Å². The second kappa shape index (κ2) is 6.89. The number of nitrogens with zero attached hydrogens (tertiary/aromatic N) is 1. The van der Waals surface area contributed by atoms with E-state index in [2.05, 4.69) is 12.2 Å². The summed E-state index contributed by atoms with van der Waals surface area (Å²) in [7, 11) is 1.63. The predicted molar refractivity (Wildman–Crippen MR) is 73.9 cm³/mol. The van der Waals surface area contributed by atoms with E-state index in [1.54, 1.807) is 14.0 Å². The van der Waals surface area contributed by atoms with Gasteiger partial charge in [0.25, 0.3) is 0 Å². The summed E-state index contributed by atoms with van der Waals surface area (Å²) in [6, 6.07) is -0.712. The van der Waals surface area contributed by atoms with Gasteiger partial charge >= 0.3 is 5.97 Å². The molecule has 1 heterocycles. The Kier molecular flexibility index (Phi) is 5.79. The molecule has 0 radical (unpaired) electrons. The van der Waals surface area contributed by atoms with Gasteiger partial charge in [-0.15, -0.1) is 0 Å². The van der Waals surface area contributed by atoms with Crippen LogP contribution in [0.2, 0.25) is 0 Å². The first-order chi connectivity index (χ1) is 8.98. The van der Waals surface area contributed by atoms with Gasteiger partial charge in [-0.2, -0.15) is 0 Å². The van der Waals surface area contributed by atoms with Crippen LogP contribution in [0, 0.1) is 5.41 Å². The summed E-state index contributed by atoms with van der Waals surface area (Å²) < 4.78 is 0. The van der Waals surface area contributed by atoms with Gasteiger partial charge in [-0.25, -0.2) is 4.79 Å². The number of carboxylic acids is 1. The van der Waals surface area contributed by atoms with Crippen molar-refractivity contribution in [2.45, 2.75) is 52.0 Å². The molecule has 19 heavy (non-hydrogen) atoms. The second-order valence-corrected chi connectivity index (χ2v) is 5.46. The number of rotatable bonds is 6. The quantitative estimate of drug-likeness (QED) is 0.767. The monoisotopic (exact) mass is 270 g/mol. The molecule has 0 spiro atoms. The third kappa shape index (κ3) is 3.47. The molecule has 1 atom stereocenters. The topological polar surface area (TPSA) is 69.6 Å². The highest BCUT2D eigenvalue weighted by Crippen LogP contribution is 2.36. The van der Waals surface area contributed by atoms with E-state index in [0.29, 0.717) is 6.42 Å². The summed E-state index contributed by atoms with van der Waals surface area (Å²) in [5.41, 5.74) is -0.363. The Morgan fingerprint density at radius 1 is 1.32 bits per heavy atom. The summed E-state index contributed by atoms with van der Waals surface area (Å²) in [4.78, 5) is 25.4. The Balaban J connectivity index is 2.89. The molecule has 1 aliphatic rings. The molecule has 1 aliphatic heterocycles. The molecule has 0 aromatic rings. The number of carboxylic acid groups (broad SMARTS) is 1. The molecule has 1 fully saturated rings. The van der Waals surface area contributed by atoms with E-state index in [4.69, 9.17) is 0 Å². The molecule has 1 amide bonds. The van der Waals surface area contributed by atoms with Crippen molar-refractivity contribution in [1.82, 2.24) is 10.2 Å². The highest BCUT2D eigenvalue weighted by atomic mass is 16.4. The van der Waals surface area contributed by atoms with Crippen molar-refractivity contribution in [3.05, 3.63) is 0 Å². The van der Waals surface area contributed by atoms with E-state index in [9.17, 15) is 14.7 Å². The largest absolute Gasteiger partial charge is 0.480 e. The van der Waals surface area contributed by atoms with Crippen molar-refractivity contribution in [2.75, 3.05) is 20.1 Å². The van der Waals surface area contributed by atoms with E-state index in [1.165, 1.54) is 4.90 Å². The van der Waals surface area contributed by atoms with Gasteiger partial charge in [0.1, 0.15) is 6.04 Å². The van der Waals surface area contributed by atoms with E-state index in [1.807, 2.05) is 0 Å². The van der Waals surface area contributed by atoms with Crippen molar-refractivity contribution >= 4 is 11.9 Å². The fraction of sp³-hybridized carbons (Fsp3) is 0.857. The Morgan fingerprint density at radius 3 is 2.32 bits per heavy atom. The van der Waals surface area contributed by atoms with E-state index in [-0.39, 0.29) is 11.3 Å². The molecule has 1 unspecified atom stereocenters. The molecule has 1 rings (SSSR count). The second-order valence-electron chi connectivity index (χ2n) is 5.46. The summed E-state index contributed by atoms with van der Waals surface area (Å²) >= 11 is 0. The first-order valence-corrected chi connectivity index (χ1v) is 7.19. The van der Waals surface area contributed by atoms with Crippen LogP contribution < -0.4 is 5.32 Å². The van der Waals surface area contributed by atoms with Crippen LogP contribution in [-0.4, -0.2) is 48.1 Å². The zero-order valence-electron chi connectivity index (χ0n) is 12.2. The van der Waals surface area contributed by atoms with E-state index < -0.39 is 12.0 Å². The van der Waals surface area contributed by atoms with Gasteiger partial charge in [0.05, 0.1) is 5.41 Å². The molecule has 0 saturated carbocycles. The molecule has 0 aromatic carbocycles. The van der Waals surface area contributed by atoms with Crippen LogP contribution >= 0.6 is 0 Å². The fourth-order valence-electron chi connectivity index (χ4n) is 3.08. The lowest BCUT2D eigenvalue weighted by Gasteiger charge is -2.40. The minimum absolute atomic E-state index is 0.00472. The molecule has 0 bridgehead atoms. The lowest BCUT2D eigenvalue weighted by atomic mass is 9.74.